The third-order valence-electron chi connectivity index (χ3n) is 4.12. The van der Waals surface area contributed by atoms with Crippen molar-refractivity contribution in [1.29, 1.82) is 0 Å². The van der Waals surface area contributed by atoms with Gasteiger partial charge in [0.05, 0.1) is 18.7 Å². The van der Waals surface area contributed by atoms with E-state index in [1.807, 2.05) is 0 Å². The molecule has 0 spiro atoms. The number of amides is 2. The van der Waals surface area contributed by atoms with Gasteiger partial charge in [-0.2, -0.15) is 0 Å². The lowest BCUT2D eigenvalue weighted by Crippen LogP contribution is -2.37. The van der Waals surface area contributed by atoms with Gasteiger partial charge in [0.1, 0.15) is 11.6 Å². The Bertz CT molecular complexity index is 853. The summed E-state index contributed by atoms with van der Waals surface area (Å²) in [5.41, 5.74) is 0.707. The summed E-state index contributed by atoms with van der Waals surface area (Å²) in [7, 11) is 1.42. The number of nitrogens with zero attached hydrogens (tertiary/aromatic N) is 1. The van der Waals surface area contributed by atoms with Crippen LogP contribution < -0.4 is 10.1 Å². The lowest BCUT2D eigenvalue weighted by molar-refractivity contribution is -0.136. The van der Waals surface area contributed by atoms with Crippen LogP contribution in [0.15, 0.2) is 48.5 Å². The molecule has 0 saturated heterocycles. The number of hydrogen-bond donors (Lipinski definition) is 1. The Kier molecular flexibility index (Phi) is 8.80. The second-order valence-corrected chi connectivity index (χ2v) is 6.61. The first-order valence-electron chi connectivity index (χ1n) is 9.58. The number of halogens is 1. The van der Waals surface area contributed by atoms with Crippen LogP contribution in [0.2, 0.25) is 0 Å². The summed E-state index contributed by atoms with van der Waals surface area (Å²) < 4.78 is 23.4. The molecule has 7 nitrogen and oxygen atoms in total. The lowest BCUT2D eigenvalue weighted by atomic mass is 10.2. The van der Waals surface area contributed by atoms with Crippen molar-refractivity contribution < 1.29 is 28.2 Å². The van der Waals surface area contributed by atoms with Crippen molar-refractivity contribution in [2.75, 3.05) is 32.1 Å². The Morgan fingerprint density at radius 3 is 2.33 bits per heavy atom. The fourth-order valence-corrected chi connectivity index (χ4v) is 2.38. The number of benzene rings is 2. The minimum absolute atomic E-state index is 0.239. The van der Waals surface area contributed by atoms with Crippen molar-refractivity contribution >= 4 is 23.5 Å². The minimum atomic E-state index is -0.646. The van der Waals surface area contributed by atoms with E-state index in [4.69, 9.17) is 9.47 Å². The maximum atomic E-state index is 12.9. The van der Waals surface area contributed by atoms with E-state index in [0.717, 1.165) is 17.7 Å². The van der Waals surface area contributed by atoms with E-state index in [9.17, 15) is 18.8 Å². The minimum Gasteiger partial charge on any atom is -0.494 e. The summed E-state index contributed by atoms with van der Waals surface area (Å²) in [6.07, 6.45) is 1.97. The number of likely N-dealkylation sites (N-methyl/N-ethyl adjacent to an activating group) is 1. The zero-order chi connectivity index (χ0) is 21.9. The molecule has 160 valence electrons. The smallest absolute Gasteiger partial charge is 0.338 e. The molecule has 2 rings (SSSR count). The molecule has 0 aliphatic heterocycles. The first-order chi connectivity index (χ1) is 14.4. The van der Waals surface area contributed by atoms with Gasteiger partial charge in [-0.25, -0.2) is 9.18 Å². The SMILES string of the molecule is CCCCOc1ccc(C(=O)OCC(=O)N(C)CC(=O)Nc2ccc(F)cc2)cc1. The number of unbranched alkanes of at least 4 members (excludes halogenated alkanes) is 1. The molecule has 0 saturated carbocycles. The predicted molar refractivity (Wildman–Crippen MR) is 110 cm³/mol. The van der Waals surface area contributed by atoms with Crippen LogP contribution in [0.5, 0.6) is 5.75 Å². The van der Waals surface area contributed by atoms with Gasteiger partial charge in [-0.3, -0.25) is 9.59 Å². The van der Waals surface area contributed by atoms with Crippen LogP contribution >= 0.6 is 0 Å². The van der Waals surface area contributed by atoms with Crippen LogP contribution in [0.3, 0.4) is 0 Å². The van der Waals surface area contributed by atoms with Crippen LogP contribution in [0, 0.1) is 5.82 Å². The van der Waals surface area contributed by atoms with Gasteiger partial charge in [0, 0.05) is 12.7 Å². The zero-order valence-electron chi connectivity index (χ0n) is 17.0. The zero-order valence-corrected chi connectivity index (χ0v) is 17.0. The number of rotatable bonds is 10. The van der Waals surface area contributed by atoms with Crippen LogP contribution in [0.1, 0.15) is 30.1 Å². The molecule has 0 heterocycles. The van der Waals surface area contributed by atoms with Crippen molar-refractivity contribution in [1.82, 2.24) is 4.90 Å². The van der Waals surface area contributed by atoms with Crippen molar-refractivity contribution in [3.05, 3.63) is 59.9 Å². The van der Waals surface area contributed by atoms with Gasteiger partial charge in [-0.1, -0.05) is 13.3 Å². The number of hydrogen-bond acceptors (Lipinski definition) is 5. The first-order valence-corrected chi connectivity index (χ1v) is 9.58. The Labute approximate surface area is 174 Å². The standard InChI is InChI=1S/C22H25FN2O5/c1-3-4-13-29-19-11-5-16(6-12-19)22(28)30-15-21(27)25(2)14-20(26)24-18-9-7-17(23)8-10-18/h5-12H,3-4,13-15H2,1-2H3,(H,24,26). The monoisotopic (exact) mass is 416 g/mol. The molecule has 8 heteroatoms. The van der Waals surface area contributed by atoms with E-state index < -0.39 is 30.2 Å². The Balaban J connectivity index is 1.76. The molecule has 0 fully saturated rings. The van der Waals surface area contributed by atoms with Crippen molar-refractivity contribution in [3.63, 3.8) is 0 Å². The third-order valence-corrected chi connectivity index (χ3v) is 4.12. The number of esters is 1. The molecule has 0 aliphatic carbocycles. The van der Waals surface area contributed by atoms with Gasteiger partial charge < -0.3 is 19.7 Å². The van der Waals surface area contributed by atoms with Crippen LogP contribution in [-0.2, 0) is 14.3 Å². The molecule has 2 amide bonds. The maximum Gasteiger partial charge on any atom is 0.338 e. The fourth-order valence-electron chi connectivity index (χ4n) is 2.38. The molecule has 0 bridgehead atoms. The molecule has 30 heavy (non-hydrogen) atoms. The molecule has 2 aromatic carbocycles. The average Bonchev–Trinajstić information content (AvgIpc) is 2.74. The van der Waals surface area contributed by atoms with E-state index in [-0.39, 0.29) is 6.54 Å². The molecule has 0 atom stereocenters. The second-order valence-electron chi connectivity index (χ2n) is 6.61. The topological polar surface area (TPSA) is 84.9 Å². The molecule has 0 radical (unpaired) electrons. The summed E-state index contributed by atoms with van der Waals surface area (Å²) in [6, 6.07) is 11.7. The Morgan fingerprint density at radius 2 is 1.70 bits per heavy atom. The summed E-state index contributed by atoms with van der Waals surface area (Å²) in [4.78, 5) is 37.3. The lowest BCUT2D eigenvalue weighted by Gasteiger charge is -2.17. The van der Waals surface area contributed by atoms with Gasteiger partial charge in [-0.15, -0.1) is 0 Å². The van der Waals surface area contributed by atoms with Gasteiger partial charge in [-0.05, 0) is 55.0 Å². The summed E-state index contributed by atoms with van der Waals surface area (Å²) in [5, 5.41) is 2.55. The molecular weight excluding hydrogens is 391 g/mol. The first kappa shape index (κ1) is 22.9. The van der Waals surface area contributed by atoms with Crippen LogP contribution in [0.25, 0.3) is 0 Å². The molecule has 2 aromatic rings. The quantitative estimate of drug-likeness (QED) is 0.475. The van der Waals surface area contributed by atoms with E-state index in [0.29, 0.717) is 23.6 Å². The highest BCUT2D eigenvalue weighted by Gasteiger charge is 2.16. The van der Waals surface area contributed by atoms with E-state index in [1.165, 1.54) is 31.3 Å². The molecule has 0 aromatic heterocycles. The van der Waals surface area contributed by atoms with Crippen molar-refractivity contribution in [2.24, 2.45) is 0 Å². The number of anilines is 1. The number of carbonyl (C=O) groups is 3. The van der Waals surface area contributed by atoms with Gasteiger partial charge >= 0.3 is 5.97 Å². The number of carbonyl (C=O) groups excluding carboxylic acids is 3. The maximum absolute atomic E-state index is 12.9. The van der Waals surface area contributed by atoms with Crippen molar-refractivity contribution in [2.45, 2.75) is 19.8 Å². The predicted octanol–water partition coefficient (Wildman–Crippen LogP) is 3.26. The third kappa shape index (κ3) is 7.54. The second kappa shape index (κ2) is 11.5. The number of nitrogens with one attached hydrogen (secondary N) is 1. The highest BCUT2D eigenvalue weighted by Crippen LogP contribution is 2.13. The van der Waals surface area contributed by atoms with E-state index in [1.54, 1.807) is 24.3 Å². The van der Waals surface area contributed by atoms with Crippen molar-refractivity contribution in [3.8, 4) is 5.75 Å². The highest BCUT2D eigenvalue weighted by atomic mass is 19.1. The fraction of sp³-hybridized carbons (Fsp3) is 0.318. The average molecular weight is 416 g/mol. The summed E-state index contributed by atoms with van der Waals surface area (Å²) >= 11 is 0. The largest absolute Gasteiger partial charge is 0.494 e. The summed E-state index contributed by atoms with van der Waals surface area (Å²) in [6.45, 7) is 1.94. The van der Waals surface area contributed by atoms with E-state index in [2.05, 4.69) is 12.2 Å². The Morgan fingerprint density at radius 1 is 1.03 bits per heavy atom. The molecule has 1 N–H and O–H groups in total. The Hall–Kier alpha value is -3.42. The summed E-state index contributed by atoms with van der Waals surface area (Å²) in [5.74, 6) is -1.39. The molecule has 0 unspecified atom stereocenters. The van der Waals surface area contributed by atoms with E-state index >= 15 is 0 Å². The van der Waals surface area contributed by atoms with Gasteiger partial charge in [0.25, 0.3) is 5.91 Å². The van der Waals surface area contributed by atoms with Crippen LogP contribution in [0.4, 0.5) is 10.1 Å². The van der Waals surface area contributed by atoms with Crippen LogP contribution in [-0.4, -0.2) is 49.5 Å². The van der Waals surface area contributed by atoms with Gasteiger partial charge in [0.15, 0.2) is 6.61 Å². The highest BCUT2D eigenvalue weighted by molar-refractivity contribution is 5.95. The number of ether oxygens (including phenoxy) is 2. The molecular formula is C22H25FN2O5. The van der Waals surface area contributed by atoms with Gasteiger partial charge in [0.2, 0.25) is 5.91 Å². The normalized spacial score (nSPS) is 10.2. The molecule has 0 aliphatic rings.